The van der Waals surface area contributed by atoms with Gasteiger partial charge in [-0.15, -0.1) is 0 Å². The van der Waals surface area contributed by atoms with E-state index in [-0.39, 0.29) is 23.3 Å². The van der Waals surface area contributed by atoms with Gasteiger partial charge >= 0.3 is 0 Å². The van der Waals surface area contributed by atoms with Gasteiger partial charge in [-0.3, -0.25) is 9.59 Å². The van der Waals surface area contributed by atoms with Gasteiger partial charge in [-0.1, -0.05) is 43.8 Å². The summed E-state index contributed by atoms with van der Waals surface area (Å²) in [6, 6.07) is 11.0. The van der Waals surface area contributed by atoms with Crippen molar-refractivity contribution in [1.82, 2.24) is 19.9 Å². The standard InChI is InChI=1S/C21H24N4O2S/c1-13(2)15(4)23-19(26)12-28-21-24-17-8-6-5-7-16(17)20(27)25(21)18-10-9-14(3)11-22-18/h5-11,13,15H,12H2,1-4H3,(H,23,26)/t15-/m0/s1. The topological polar surface area (TPSA) is 76.9 Å². The Morgan fingerprint density at radius 1 is 1.18 bits per heavy atom. The summed E-state index contributed by atoms with van der Waals surface area (Å²) in [4.78, 5) is 34.4. The molecular weight excluding hydrogens is 372 g/mol. The van der Waals surface area contributed by atoms with E-state index in [1.165, 1.54) is 16.3 Å². The van der Waals surface area contributed by atoms with Crippen molar-refractivity contribution in [2.24, 2.45) is 5.92 Å². The molecular formula is C21H24N4O2S. The van der Waals surface area contributed by atoms with Crippen LogP contribution in [0.3, 0.4) is 0 Å². The number of carbonyl (C=O) groups excluding carboxylic acids is 1. The molecule has 0 radical (unpaired) electrons. The van der Waals surface area contributed by atoms with E-state index in [1.54, 1.807) is 24.4 Å². The normalized spacial score (nSPS) is 12.3. The highest BCUT2D eigenvalue weighted by Gasteiger charge is 2.16. The highest BCUT2D eigenvalue weighted by molar-refractivity contribution is 7.99. The van der Waals surface area contributed by atoms with Crippen LogP contribution in [-0.2, 0) is 4.79 Å². The number of nitrogens with zero attached hydrogens (tertiary/aromatic N) is 3. The predicted molar refractivity (Wildman–Crippen MR) is 113 cm³/mol. The predicted octanol–water partition coefficient (Wildman–Crippen LogP) is 3.34. The van der Waals surface area contributed by atoms with Crippen LogP contribution in [0, 0.1) is 12.8 Å². The van der Waals surface area contributed by atoms with Gasteiger partial charge in [-0.05, 0) is 43.5 Å². The summed E-state index contributed by atoms with van der Waals surface area (Å²) in [7, 11) is 0. The van der Waals surface area contributed by atoms with E-state index in [4.69, 9.17) is 0 Å². The highest BCUT2D eigenvalue weighted by Crippen LogP contribution is 2.20. The minimum Gasteiger partial charge on any atom is -0.353 e. The number of aryl methyl sites for hydroxylation is 1. The Hall–Kier alpha value is -2.67. The number of thioether (sulfide) groups is 1. The van der Waals surface area contributed by atoms with Crippen LogP contribution in [-0.4, -0.2) is 32.2 Å². The smallest absolute Gasteiger partial charge is 0.267 e. The maximum absolute atomic E-state index is 13.1. The van der Waals surface area contributed by atoms with Crippen LogP contribution in [0.25, 0.3) is 16.7 Å². The second-order valence-corrected chi connectivity index (χ2v) is 8.08. The average Bonchev–Trinajstić information content (AvgIpc) is 2.67. The maximum Gasteiger partial charge on any atom is 0.267 e. The van der Waals surface area contributed by atoms with Crippen molar-refractivity contribution < 1.29 is 4.79 Å². The fourth-order valence-corrected chi connectivity index (χ4v) is 3.41. The molecule has 0 spiro atoms. The van der Waals surface area contributed by atoms with E-state index in [1.807, 2.05) is 32.0 Å². The Morgan fingerprint density at radius 3 is 2.61 bits per heavy atom. The molecule has 0 bridgehead atoms. The van der Waals surface area contributed by atoms with Gasteiger partial charge in [0.2, 0.25) is 5.91 Å². The third-order valence-corrected chi connectivity index (χ3v) is 5.53. The molecule has 1 N–H and O–H groups in total. The van der Waals surface area contributed by atoms with Gasteiger partial charge < -0.3 is 5.32 Å². The monoisotopic (exact) mass is 396 g/mol. The summed E-state index contributed by atoms with van der Waals surface area (Å²) >= 11 is 1.24. The molecule has 6 nitrogen and oxygen atoms in total. The highest BCUT2D eigenvalue weighted by atomic mass is 32.2. The van der Waals surface area contributed by atoms with Crippen LogP contribution in [0.5, 0.6) is 0 Å². The van der Waals surface area contributed by atoms with Gasteiger partial charge in [-0.25, -0.2) is 14.5 Å². The molecule has 7 heteroatoms. The fourth-order valence-electron chi connectivity index (χ4n) is 2.60. The minimum atomic E-state index is -0.194. The lowest BCUT2D eigenvalue weighted by atomic mass is 10.1. The molecule has 0 unspecified atom stereocenters. The van der Waals surface area contributed by atoms with Crippen LogP contribution >= 0.6 is 11.8 Å². The summed E-state index contributed by atoms with van der Waals surface area (Å²) in [6.45, 7) is 8.04. The quantitative estimate of drug-likeness (QED) is 0.511. The molecule has 1 atom stereocenters. The number of hydrogen-bond acceptors (Lipinski definition) is 5. The second-order valence-electron chi connectivity index (χ2n) is 7.13. The zero-order valence-electron chi connectivity index (χ0n) is 16.5. The Morgan fingerprint density at radius 2 is 1.93 bits per heavy atom. The third kappa shape index (κ3) is 4.42. The average molecular weight is 397 g/mol. The number of carbonyl (C=O) groups is 1. The molecule has 0 fully saturated rings. The number of para-hydroxylation sites is 1. The second kappa shape index (κ2) is 8.56. The van der Waals surface area contributed by atoms with E-state index in [0.29, 0.717) is 27.8 Å². The SMILES string of the molecule is Cc1ccc(-n2c(SCC(=O)N[C@@H](C)C(C)C)nc3ccccc3c2=O)nc1. The lowest BCUT2D eigenvalue weighted by Gasteiger charge is -2.17. The number of rotatable bonds is 6. The van der Waals surface area contributed by atoms with Crippen molar-refractivity contribution in [2.45, 2.75) is 38.9 Å². The molecule has 3 aromatic rings. The van der Waals surface area contributed by atoms with E-state index >= 15 is 0 Å². The fraction of sp³-hybridized carbons (Fsp3) is 0.333. The van der Waals surface area contributed by atoms with Crippen LogP contribution < -0.4 is 10.9 Å². The van der Waals surface area contributed by atoms with E-state index in [9.17, 15) is 9.59 Å². The van der Waals surface area contributed by atoms with Gasteiger partial charge in [0.1, 0.15) is 5.82 Å². The summed E-state index contributed by atoms with van der Waals surface area (Å²) < 4.78 is 1.48. The first-order valence-electron chi connectivity index (χ1n) is 9.24. The van der Waals surface area contributed by atoms with Crippen LogP contribution in [0.4, 0.5) is 0 Å². The van der Waals surface area contributed by atoms with Crippen molar-refractivity contribution in [1.29, 1.82) is 0 Å². The summed E-state index contributed by atoms with van der Waals surface area (Å²) in [5.74, 6) is 0.931. The summed E-state index contributed by atoms with van der Waals surface area (Å²) in [6.07, 6.45) is 1.71. The number of amides is 1. The zero-order chi connectivity index (χ0) is 20.3. The molecule has 2 aromatic heterocycles. The molecule has 0 aliphatic carbocycles. The van der Waals surface area contributed by atoms with E-state index in [2.05, 4.69) is 29.1 Å². The minimum absolute atomic E-state index is 0.0821. The first-order chi connectivity index (χ1) is 13.4. The molecule has 1 amide bonds. The van der Waals surface area contributed by atoms with Crippen molar-refractivity contribution in [3.8, 4) is 5.82 Å². The molecule has 0 saturated heterocycles. The first-order valence-corrected chi connectivity index (χ1v) is 10.2. The molecule has 28 heavy (non-hydrogen) atoms. The Labute approximate surface area is 168 Å². The van der Waals surface area contributed by atoms with E-state index in [0.717, 1.165) is 5.56 Å². The largest absolute Gasteiger partial charge is 0.353 e. The zero-order valence-corrected chi connectivity index (χ0v) is 17.3. The van der Waals surface area contributed by atoms with E-state index < -0.39 is 0 Å². The molecule has 0 aliphatic rings. The lowest BCUT2D eigenvalue weighted by Crippen LogP contribution is -2.37. The molecule has 2 heterocycles. The Kier molecular flexibility index (Phi) is 6.14. The number of hydrogen-bond donors (Lipinski definition) is 1. The van der Waals surface area contributed by atoms with Crippen molar-refractivity contribution >= 4 is 28.6 Å². The molecule has 0 aliphatic heterocycles. The maximum atomic E-state index is 13.1. The van der Waals surface area contributed by atoms with Crippen LogP contribution in [0.1, 0.15) is 26.3 Å². The molecule has 146 valence electrons. The van der Waals surface area contributed by atoms with Gasteiger partial charge in [0.05, 0.1) is 16.7 Å². The number of aromatic nitrogens is 3. The summed E-state index contributed by atoms with van der Waals surface area (Å²) in [5.41, 5.74) is 1.41. The van der Waals surface area contributed by atoms with Crippen molar-refractivity contribution in [2.75, 3.05) is 5.75 Å². The van der Waals surface area contributed by atoms with Gasteiger partial charge in [-0.2, -0.15) is 0 Å². The van der Waals surface area contributed by atoms with Gasteiger partial charge in [0.15, 0.2) is 5.16 Å². The molecule has 0 saturated carbocycles. The first kappa shape index (κ1) is 20.1. The Balaban J connectivity index is 1.98. The van der Waals surface area contributed by atoms with Crippen molar-refractivity contribution in [3.63, 3.8) is 0 Å². The molecule has 3 rings (SSSR count). The van der Waals surface area contributed by atoms with Gasteiger partial charge in [0.25, 0.3) is 5.56 Å². The summed E-state index contributed by atoms with van der Waals surface area (Å²) in [5, 5.41) is 3.95. The van der Waals surface area contributed by atoms with Crippen LogP contribution in [0.15, 0.2) is 52.5 Å². The number of nitrogens with one attached hydrogen (secondary N) is 1. The number of benzene rings is 1. The molecule has 1 aromatic carbocycles. The number of pyridine rings is 1. The van der Waals surface area contributed by atoms with Crippen molar-refractivity contribution in [3.05, 3.63) is 58.5 Å². The van der Waals surface area contributed by atoms with Gasteiger partial charge in [0, 0.05) is 12.2 Å². The Bertz CT molecular complexity index is 1040. The number of fused-ring (bicyclic) bond motifs is 1. The lowest BCUT2D eigenvalue weighted by molar-refractivity contribution is -0.119. The third-order valence-electron chi connectivity index (χ3n) is 4.59. The van der Waals surface area contributed by atoms with Crippen LogP contribution in [0.2, 0.25) is 0 Å².